The standard InChI is InChI=1S/C22H28N6O4S/c1-6-12(2)18(24-21(30)32-22(3,4)5)19-25-26-20-28(19)27-15(11-33-20)13-7-8-16-14(9-13)23-17(29)10-31-16/h7-9,12,18H,6,10-11H2,1-5H3,(H,23,29)(H,24,30). The lowest BCUT2D eigenvalue weighted by atomic mass is 9.99. The molecule has 2 aliphatic heterocycles. The number of carbonyl (C=O) groups excluding carboxylic acids is 2. The molecule has 2 aliphatic rings. The van der Waals surface area contributed by atoms with Crippen molar-refractivity contribution < 1.29 is 19.1 Å². The molecule has 2 unspecified atom stereocenters. The van der Waals surface area contributed by atoms with E-state index in [4.69, 9.17) is 14.6 Å². The number of anilines is 1. The van der Waals surface area contributed by atoms with Gasteiger partial charge in [-0.05, 0) is 44.9 Å². The van der Waals surface area contributed by atoms with Crippen molar-refractivity contribution in [3.05, 3.63) is 29.6 Å². The van der Waals surface area contributed by atoms with Crippen molar-refractivity contribution in [2.24, 2.45) is 11.0 Å². The first-order valence-corrected chi connectivity index (χ1v) is 11.9. The Bertz CT molecular complexity index is 1110. The van der Waals surface area contributed by atoms with Crippen LogP contribution >= 0.6 is 11.8 Å². The van der Waals surface area contributed by atoms with Crippen LogP contribution < -0.4 is 15.4 Å². The number of thioether (sulfide) groups is 1. The molecule has 176 valence electrons. The van der Waals surface area contributed by atoms with Gasteiger partial charge in [-0.2, -0.15) is 9.78 Å². The third-order valence-corrected chi connectivity index (χ3v) is 6.23. The molecule has 10 nitrogen and oxygen atoms in total. The fraction of sp³-hybridized carbons (Fsp3) is 0.500. The van der Waals surface area contributed by atoms with Crippen molar-refractivity contribution in [2.75, 3.05) is 17.7 Å². The van der Waals surface area contributed by atoms with E-state index in [2.05, 4.69) is 27.8 Å². The number of benzene rings is 1. The lowest BCUT2D eigenvalue weighted by Crippen LogP contribution is -2.38. The van der Waals surface area contributed by atoms with E-state index in [1.54, 1.807) is 4.68 Å². The SMILES string of the molecule is CCC(C)C(NC(=O)OC(C)(C)C)c1nnc2n1N=C(c1ccc3c(c1)NC(=O)CO3)CS2. The first kappa shape index (κ1) is 23.1. The minimum atomic E-state index is -0.610. The second kappa shape index (κ2) is 9.05. The number of rotatable bonds is 5. The van der Waals surface area contributed by atoms with E-state index >= 15 is 0 Å². The summed E-state index contributed by atoms with van der Waals surface area (Å²) in [7, 11) is 0. The fourth-order valence-corrected chi connectivity index (χ4v) is 4.32. The van der Waals surface area contributed by atoms with Gasteiger partial charge in [0.25, 0.3) is 5.91 Å². The molecule has 0 bridgehead atoms. The van der Waals surface area contributed by atoms with Crippen molar-refractivity contribution in [1.82, 2.24) is 20.2 Å². The van der Waals surface area contributed by atoms with E-state index in [0.717, 1.165) is 17.7 Å². The Morgan fingerprint density at radius 1 is 1.36 bits per heavy atom. The van der Waals surface area contributed by atoms with Crippen molar-refractivity contribution in [1.29, 1.82) is 0 Å². The van der Waals surface area contributed by atoms with E-state index < -0.39 is 17.7 Å². The van der Waals surface area contributed by atoms with E-state index in [-0.39, 0.29) is 18.4 Å². The molecule has 2 N–H and O–H groups in total. The third-order valence-electron chi connectivity index (χ3n) is 5.30. The maximum atomic E-state index is 12.5. The van der Waals surface area contributed by atoms with Crippen LogP contribution in [0.5, 0.6) is 5.75 Å². The Kier molecular flexibility index (Phi) is 6.33. The second-order valence-corrected chi connectivity index (χ2v) is 9.99. The number of fused-ring (bicyclic) bond motifs is 2. The molecule has 0 saturated heterocycles. The molecule has 0 spiro atoms. The molecule has 0 saturated carbocycles. The van der Waals surface area contributed by atoms with Gasteiger partial charge in [-0.3, -0.25) is 4.79 Å². The smallest absolute Gasteiger partial charge is 0.408 e. The van der Waals surface area contributed by atoms with Gasteiger partial charge in [0.1, 0.15) is 11.4 Å². The van der Waals surface area contributed by atoms with Gasteiger partial charge in [0.2, 0.25) is 5.16 Å². The third kappa shape index (κ3) is 5.13. The fourth-order valence-electron chi connectivity index (χ4n) is 3.47. The summed E-state index contributed by atoms with van der Waals surface area (Å²) in [6.45, 7) is 9.57. The topological polar surface area (TPSA) is 120 Å². The number of hydrogen-bond donors (Lipinski definition) is 2. The largest absolute Gasteiger partial charge is 0.482 e. The first-order chi connectivity index (χ1) is 15.6. The van der Waals surface area contributed by atoms with Crippen LogP contribution in [0.3, 0.4) is 0 Å². The molecule has 2 aromatic rings. The van der Waals surface area contributed by atoms with E-state index in [1.807, 2.05) is 45.9 Å². The van der Waals surface area contributed by atoms with E-state index in [1.165, 1.54) is 11.8 Å². The quantitative estimate of drug-likeness (QED) is 0.682. The monoisotopic (exact) mass is 472 g/mol. The minimum Gasteiger partial charge on any atom is -0.482 e. The van der Waals surface area contributed by atoms with Crippen LogP contribution in [0.2, 0.25) is 0 Å². The summed E-state index contributed by atoms with van der Waals surface area (Å²) in [4.78, 5) is 24.2. The van der Waals surface area contributed by atoms with Gasteiger partial charge < -0.3 is 20.1 Å². The van der Waals surface area contributed by atoms with Crippen molar-refractivity contribution in [3.63, 3.8) is 0 Å². The average molecular weight is 473 g/mol. The highest BCUT2D eigenvalue weighted by Gasteiger charge is 2.31. The number of aromatic nitrogens is 3. The van der Waals surface area contributed by atoms with Crippen molar-refractivity contribution in [2.45, 2.75) is 57.8 Å². The van der Waals surface area contributed by atoms with Crippen LogP contribution in [0.15, 0.2) is 28.5 Å². The van der Waals surface area contributed by atoms with Crippen molar-refractivity contribution in [3.8, 4) is 5.75 Å². The van der Waals surface area contributed by atoms with Gasteiger partial charge in [0.05, 0.1) is 17.4 Å². The van der Waals surface area contributed by atoms with Gasteiger partial charge in [-0.15, -0.1) is 10.2 Å². The summed E-state index contributed by atoms with van der Waals surface area (Å²) in [5, 5.41) is 19.9. The van der Waals surface area contributed by atoms with Gasteiger partial charge in [0.15, 0.2) is 12.4 Å². The van der Waals surface area contributed by atoms with Crippen molar-refractivity contribution >= 4 is 35.2 Å². The number of alkyl carbamates (subject to hydrolysis) is 1. The lowest BCUT2D eigenvalue weighted by Gasteiger charge is -2.26. The average Bonchev–Trinajstić information content (AvgIpc) is 3.18. The predicted molar refractivity (Wildman–Crippen MR) is 125 cm³/mol. The maximum Gasteiger partial charge on any atom is 0.408 e. The number of ether oxygens (including phenoxy) is 2. The van der Waals surface area contributed by atoms with Gasteiger partial charge in [0, 0.05) is 11.3 Å². The molecular formula is C22H28N6O4S. The highest BCUT2D eigenvalue weighted by atomic mass is 32.2. The number of nitrogens with one attached hydrogen (secondary N) is 2. The van der Waals surface area contributed by atoms with Crippen LogP contribution in [-0.4, -0.2) is 50.5 Å². The van der Waals surface area contributed by atoms with Crippen LogP contribution in [0.4, 0.5) is 10.5 Å². The van der Waals surface area contributed by atoms with Crippen LogP contribution in [0, 0.1) is 5.92 Å². The normalized spacial score (nSPS) is 17.0. The van der Waals surface area contributed by atoms with Gasteiger partial charge in [-0.1, -0.05) is 32.0 Å². The van der Waals surface area contributed by atoms with Crippen LogP contribution in [-0.2, 0) is 9.53 Å². The van der Waals surface area contributed by atoms with Gasteiger partial charge >= 0.3 is 6.09 Å². The maximum absolute atomic E-state index is 12.5. The molecule has 4 rings (SSSR count). The number of hydrogen-bond acceptors (Lipinski definition) is 8. The Labute approximate surface area is 196 Å². The minimum absolute atomic E-state index is 0.0121. The number of amides is 2. The second-order valence-electron chi connectivity index (χ2n) is 9.05. The molecular weight excluding hydrogens is 444 g/mol. The Morgan fingerprint density at radius 2 is 2.15 bits per heavy atom. The molecule has 1 aromatic carbocycles. The van der Waals surface area contributed by atoms with E-state index in [9.17, 15) is 9.59 Å². The summed E-state index contributed by atoms with van der Waals surface area (Å²) < 4.78 is 12.6. The highest BCUT2D eigenvalue weighted by molar-refractivity contribution is 7.99. The zero-order valence-corrected chi connectivity index (χ0v) is 20.2. The number of carbonyl (C=O) groups is 2. The zero-order chi connectivity index (χ0) is 23.8. The highest BCUT2D eigenvalue weighted by Crippen LogP contribution is 2.33. The molecule has 2 atom stereocenters. The van der Waals surface area contributed by atoms with Crippen LogP contribution in [0.25, 0.3) is 0 Å². The first-order valence-electron chi connectivity index (χ1n) is 10.9. The Balaban J connectivity index is 1.65. The molecule has 0 aliphatic carbocycles. The molecule has 3 heterocycles. The molecule has 33 heavy (non-hydrogen) atoms. The summed E-state index contributed by atoms with van der Waals surface area (Å²) in [5.74, 6) is 1.66. The molecule has 1 aromatic heterocycles. The zero-order valence-electron chi connectivity index (χ0n) is 19.3. The predicted octanol–water partition coefficient (Wildman–Crippen LogP) is 3.58. The molecule has 0 radical (unpaired) electrons. The van der Waals surface area contributed by atoms with E-state index in [0.29, 0.717) is 28.2 Å². The molecule has 11 heteroatoms. The molecule has 2 amide bonds. The summed E-state index contributed by atoms with van der Waals surface area (Å²) in [6, 6.07) is 5.17. The number of nitrogens with zero attached hydrogens (tertiary/aromatic N) is 4. The van der Waals surface area contributed by atoms with Gasteiger partial charge in [-0.25, -0.2) is 4.79 Å². The Morgan fingerprint density at radius 3 is 2.88 bits per heavy atom. The summed E-state index contributed by atoms with van der Waals surface area (Å²) in [6.07, 6.45) is 0.305. The summed E-state index contributed by atoms with van der Waals surface area (Å²) in [5.41, 5.74) is 1.67. The molecule has 0 fully saturated rings. The lowest BCUT2D eigenvalue weighted by molar-refractivity contribution is -0.118. The Hall–Kier alpha value is -3.08. The van der Waals surface area contributed by atoms with Crippen LogP contribution in [0.1, 0.15) is 58.5 Å². The summed E-state index contributed by atoms with van der Waals surface area (Å²) >= 11 is 1.51.